The highest BCUT2D eigenvalue weighted by atomic mass is 16.3. The van der Waals surface area contributed by atoms with Crippen LogP contribution in [-0.2, 0) is 0 Å². The van der Waals surface area contributed by atoms with E-state index in [1.807, 2.05) is 26.0 Å². The third-order valence-corrected chi connectivity index (χ3v) is 3.13. The Labute approximate surface area is 105 Å². The van der Waals surface area contributed by atoms with Crippen molar-refractivity contribution < 1.29 is 5.11 Å². The van der Waals surface area contributed by atoms with Crippen LogP contribution in [0.15, 0.2) is 29.1 Å². The SMILES string of the molecule is C\C=C/N=C(\C(O)=C\CC)C1CCN(C)CC1. The summed E-state index contributed by atoms with van der Waals surface area (Å²) in [5.74, 6) is 0.755. The second-order valence-electron chi connectivity index (χ2n) is 4.57. The maximum absolute atomic E-state index is 10.0. The highest BCUT2D eigenvalue weighted by Crippen LogP contribution is 2.21. The lowest BCUT2D eigenvalue weighted by Gasteiger charge is -2.29. The van der Waals surface area contributed by atoms with Crippen molar-refractivity contribution in [2.75, 3.05) is 20.1 Å². The zero-order valence-corrected chi connectivity index (χ0v) is 11.2. The van der Waals surface area contributed by atoms with E-state index in [0.717, 1.165) is 38.1 Å². The monoisotopic (exact) mass is 236 g/mol. The Hall–Kier alpha value is -1.09. The molecule has 0 aromatic carbocycles. The molecule has 0 spiro atoms. The molecule has 0 aromatic heterocycles. The van der Waals surface area contributed by atoms with Crippen LogP contribution in [0.3, 0.4) is 0 Å². The summed E-state index contributed by atoms with van der Waals surface area (Å²) in [4.78, 5) is 6.73. The molecule has 0 atom stereocenters. The van der Waals surface area contributed by atoms with Gasteiger partial charge in [-0.25, -0.2) is 0 Å². The molecule has 0 radical (unpaired) electrons. The molecule has 3 heteroatoms. The first-order valence-electron chi connectivity index (χ1n) is 6.45. The number of likely N-dealkylation sites (tertiary alicyclic amines) is 1. The first kappa shape index (κ1) is 14.0. The standard InChI is InChI=1S/C14H24N2O/c1-4-6-13(17)14(15-9-5-2)12-7-10-16(3)11-8-12/h5-6,9,12,17H,4,7-8,10-11H2,1-3H3/b9-5-,13-6-,15-14-. The minimum atomic E-state index is 0.361. The molecular formula is C14H24N2O. The molecule has 1 N–H and O–H groups in total. The fourth-order valence-electron chi connectivity index (χ4n) is 2.12. The van der Waals surface area contributed by atoms with Crippen LogP contribution in [0, 0.1) is 5.92 Å². The van der Waals surface area contributed by atoms with Crippen molar-refractivity contribution in [3.63, 3.8) is 0 Å². The minimum Gasteiger partial charge on any atom is -0.506 e. The molecule has 1 aliphatic heterocycles. The largest absolute Gasteiger partial charge is 0.506 e. The van der Waals surface area contributed by atoms with Crippen molar-refractivity contribution in [2.45, 2.75) is 33.1 Å². The van der Waals surface area contributed by atoms with Gasteiger partial charge in [0.1, 0.15) is 5.76 Å². The van der Waals surface area contributed by atoms with Gasteiger partial charge in [-0.2, -0.15) is 0 Å². The van der Waals surface area contributed by atoms with Crippen molar-refractivity contribution in [2.24, 2.45) is 10.9 Å². The Morgan fingerprint density at radius 2 is 2.06 bits per heavy atom. The molecule has 1 fully saturated rings. The van der Waals surface area contributed by atoms with E-state index >= 15 is 0 Å². The Balaban J connectivity index is 2.80. The number of aliphatic hydroxyl groups excluding tert-OH is 1. The van der Waals surface area contributed by atoms with Crippen molar-refractivity contribution in [3.05, 3.63) is 24.1 Å². The third kappa shape index (κ3) is 4.35. The number of rotatable bonds is 4. The molecule has 1 rings (SSSR count). The van der Waals surface area contributed by atoms with Crippen LogP contribution >= 0.6 is 0 Å². The van der Waals surface area contributed by atoms with Crippen molar-refractivity contribution >= 4 is 5.71 Å². The molecule has 0 aliphatic carbocycles. The smallest absolute Gasteiger partial charge is 0.133 e. The summed E-state index contributed by atoms with van der Waals surface area (Å²) in [6.45, 7) is 6.13. The molecule has 1 heterocycles. The number of hydrogen-bond acceptors (Lipinski definition) is 3. The van der Waals surface area contributed by atoms with Crippen molar-refractivity contribution in [1.29, 1.82) is 0 Å². The zero-order chi connectivity index (χ0) is 12.7. The molecule has 0 bridgehead atoms. The topological polar surface area (TPSA) is 35.8 Å². The van der Waals surface area contributed by atoms with Gasteiger partial charge in [0, 0.05) is 12.1 Å². The van der Waals surface area contributed by atoms with Gasteiger partial charge in [0.05, 0.1) is 5.71 Å². The molecule has 1 aliphatic rings. The maximum Gasteiger partial charge on any atom is 0.133 e. The van der Waals surface area contributed by atoms with E-state index in [9.17, 15) is 5.11 Å². The lowest BCUT2D eigenvalue weighted by Crippen LogP contribution is -2.34. The summed E-state index contributed by atoms with van der Waals surface area (Å²) < 4.78 is 0. The normalized spacial score (nSPS) is 21.4. The second kappa shape index (κ2) is 7.28. The average molecular weight is 236 g/mol. The van der Waals surface area contributed by atoms with E-state index in [0.29, 0.717) is 11.7 Å². The predicted octanol–water partition coefficient (Wildman–Crippen LogP) is 3.15. The average Bonchev–Trinajstić information content (AvgIpc) is 2.32. The van der Waals surface area contributed by atoms with Crippen LogP contribution < -0.4 is 0 Å². The van der Waals surface area contributed by atoms with Crippen LogP contribution in [-0.4, -0.2) is 35.9 Å². The predicted molar refractivity (Wildman–Crippen MR) is 73.5 cm³/mol. The number of aliphatic hydroxyl groups is 1. The van der Waals surface area contributed by atoms with Gasteiger partial charge in [-0.05, 0) is 52.4 Å². The summed E-state index contributed by atoms with van der Waals surface area (Å²) >= 11 is 0. The Kier molecular flexibility index (Phi) is 5.98. The Bertz CT molecular complexity index is 310. The number of aliphatic imine (C=N–C) groups is 1. The van der Waals surface area contributed by atoms with E-state index < -0.39 is 0 Å². The lowest BCUT2D eigenvalue weighted by molar-refractivity contribution is 0.250. The summed E-state index contributed by atoms with van der Waals surface area (Å²) in [6, 6.07) is 0. The number of hydrogen-bond donors (Lipinski definition) is 1. The van der Waals surface area contributed by atoms with Gasteiger partial charge >= 0.3 is 0 Å². The van der Waals surface area contributed by atoms with Crippen LogP contribution in [0.2, 0.25) is 0 Å². The molecule has 0 saturated carbocycles. The second-order valence-corrected chi connectivity index (χ2v) is 4.57. The fraction of sp³-hybridized carbons (Fsp3) is 0.643. The molecule has 96 valence electrons. The molecule has 0 amide bonds. The van der Waals surface area contributed by atoms with Crippen LogP contribution in [0.5, 0.6) is 0 Å². The van der Waals surface area contributed by atoms with E-state index in [-0.39, 0.29) is 0 Å². The van der Waals surface area contributed by atoms with Crippen LogP contribution in [0.25, 0.3) is 0 Å². The molecule has 3 nitrogen and oxygen atoms in total. The summed E-state index contributed by atoms with van der Waals surface area (Å²) in [5, 5.41) is 10.0. The summed E-state index contributed by atoms with van der Waals surface area (Å²) in [5.41, 5.74) is 0.859. The van der Waals surface area contributed by atoms with Gasteiger partial charge < -0.3 is 10.0 Å². The van der Waals surface area contributed by atoms with Crippen molar-refractivity contribution in [1.82, 2.24) is 4.90 Å². The van der Waals surface area contributed by atoms with Gasteiger partial charge in [-0.3, -0.25) is 4.99 Å². The molecule has 1 saturated heterocycles. The van der Waals surface area contributed by atoms with E-state index in [2.05, 4.69) is 16.9 Å². The van der Waals surface area contributed by atoms with E-state index in [1.165, 1.54) is 0 Å². The van der Waals surface area contributed by atoms with E-state index in [4.69, 9.17) is 0 Å². The fourth-order valence-corrected chi connectivity index (χ4v) is 2.12. The first-order valence-corrected chi connectivity index (χ1v) is 6.45. The Morgan fingerprint density at radius 3 is 2.59 bits per heavy atom. The number of piperidine rings is 1. The zero-order valence-electron chi connectivity index (χ0n) is 11.2. The summed E-state index contributed by atoms with van der Waals surface area (Å²) in [6.07, 6.45) is 8.51. The summed E-state index contributed by atoms with van der Waals surface area (Å²) in [7, 11) is 2.14. The highest BCUT2D eigenvalue weighted by molar-refractivity contribution is 6.00. The van der Waals surface area contributed by atoms with Crippen LogP contribution in [0.4, 0.5) is 0 Å². The third-order valence-electron chi connectivity index (χ3n) is 3.13. The lowest BCUT2D eigenvalue weighted by atomic mass is 9.90. The van der Waals surface area contributed by atoms with Crippen molar-refractivity contribution in [3.8, 4) is 0 Å². The highest BCUT2D eigenvalue weighted by Gasteiger charge is 2.23. The van der Waals surface area contributed by atoms with Gasteiger partial charge in [-0.1, -0.05) is 13.0 Å². The van der Waals surface area contributed by atoms with Gasteiger partial charge in [0.2, 0.25) is 0 Å². The van der Waals surface area contributed by atoms with Gasteiger partial charge in [0.15, 0.2) is 0 Å². The molecule has 0 aromatic rings. The van der Waals surface area contributed by atoms with E-state index in [1.54, 1.807) is 6.20 Å². The quantitative estimate of drug-likeness (QED) is 0.601. The number of nitrogens with zero attached hydrogens (tertiary/aromatic N) is 2. The number of allylic oxidation sites excluding steroid dienone is 3. The first-order chi connectivity index (χ1) is 8.19. The van der Waals surface area contributed by atoms with Gasteiger partial charge in [0.25, 0.3) is 0 Å². The molecular weight excluding hydrogens is 212 g/mol. The molecule has 17 heavy (non-hydrogen) atoms. The minimum absolute atomic E-state index is 0.361. The van der Waals surface area contributed by atoms with Crippen LogP contribution in [0.1, 0.15) is 33.1 Å². The molecule has 0 unspecified atom stereocenters. The Morgan fingerprint density at radius 1 is 1.41 bits per heavy atom. The maximum atomic E-state index is 10.0. The van der Waals surface area contributed by atoms with Gasteiger partial charge in [-0.15, -0.1) is 0 Å².